The first-order valence-corrected chi connectivity index (χ1v) is 6.50. The van der Waals surface area contributed by atoms with Gasteiger partial charge in [-0.2, -0.15) is 0 Å². The Hall–Kier alpha value is -0.870. The molecular weight excluding hydrogens is 198 g/mol. The maximum Gasteiger partial charge on any atom is 0.209 e. The molecule has 4 heteroatoms. The standard InChI is InChI=1S/C10H13NO2S/c1-14(12,13)11-10-7-6-8-4-2-3-5-9(8)10/h2-5,10-11H,6-7H2,1H3/t10-/m0/s1. The van der Waals surface area contributed by atoms with E-state index in [9.17, 15) is 8.42 Å². The number of hydrogen-bond donors (Lipinski definition) is 1. The SMILES string of the molecule is CS(=O)(=O)N[C@H]1CCc2ccccc21. The summed E-state index contributed by atoms with van der Waals surface area (Å²) >= 11 is 0. The van der Waals surface area contributed by atoms with Crippen LogP contribution in [0.5, 0.6) is 0 Å². The molecule has 1 aliphatic carbocycles. The van der Waals surface area contributed by atoms with Gasteiger partial charge in [-0.05, 0) is 24.0 Å². The van der Waals surface area contributed by atoms with Gasteiger partial charge in [0.2, 0.25) is 10.0 Å². The number of rotatable bonds is 2. The molecule has 1 N–H and O–H groups in total. The van der Waals surface area contributed by atoms with Crippen LogP contribution in [0.4, 0.5) is 0 Å². The van der Waals surface area contributed by atoms with E-state index < -0.39 is 10.0 Å². The molecule has 1 aromatic rings. The third-order valence-electron chi connectivity index (χ3n) is 2.49. The molecular formula is C10H13NO2S. The number of aryl methyl sites for hydroxylation is 1. The largest absolute Gasteiger partial charge is 0.213 e. The molecule has 0 fully saturated rings. The van der Waals surface area contributed by atoms with E-state index in [0.29, 0.717) is 0 Å². The van der Waals surface area contributed by atoms with E-state index in [1.807, 2.05) is 18.2 Å². The quantitative estimate of drug-likeness (QED) is 0.799. The molecule has 0 heterocycles. The van der Waals surface area contributed by atoms with Crippen LogP contribution in [-0.2, 0) is 16.4 Å². The zero-order chi connectivity index (χ0) is 10.2. The van der Waals surface area contributed by atoms with Gasteiger partial charge >= 0.3 is 0 Å². The average Bonchev–Trinajstić information content (AvgIpc) is 2.47. The summed E-state index contributed by atoms with van der Waals surface area (Å²) in [7, 11) is -3.10. The third kappa shape index (κ3) is 1.96. The van der Waals surface area contributed by atoms with Crippen molar-refractivity contribution in [3.8, 4) is 0 Å². The molecule has 0 bridgehead atoms. The fourth-order valence-corrected chi connectivity index (χ4v) is 2.70. The second-order valence-corrected chi connectivity index (χ2v) is 5.46. The van der Waals surface area contributed by atoms with Crippen molar-refractivity contribution in [1.29, 1.82) is 0 Å². The van der Waals surface area contributed by atoms with Crippen LogP contribution in [0.2, 0.25) is 0 Å². The van der Waals surface area contributed by atoms with Gasteiger partial charge in [0.15, 0.2) is 0 Å². The van der Waals surface area contributed by atoms with Crippen molar-refractivity contribution in [3.05, 3.63) is 35.4 Å². The lowest BCUT2D eigenvalue weighted by atomic mass is 10.1. The smallest absolute Gasteiger partial charge is 0.209 e. The number of fused-ring (bicyclic) bond motifs is 1. The molecule has 14 heavy (non-hydrogen) atoms. The molecule has 0 amide bonds. The predicted molar refractivity (Wildman–Crippen MR) is 55.5 cm³/mol. The van der Waals surface area contributed by atoms with Gasteiger partial charge in [-0.1, -0.05) is 24.3 Å². The van der Waals surface area contributed by atoms with Gasteiger partial charge in [0.1, 0.15) is 0 Å². The van der Waals surface area contributed by atoms with Crippen LogP contribution in [0.25, 0.3) is 0 Å². The summed E-state index contributed by atoms with van der Waals surface area (Å²) in [5.74, 6) is 0. The Balaban J connectivity index is 2.27. The minimum atomic E-state index is -3.10. The third-order valence-corrected chi connectivity index (χ3v) is 3.20. The number of benzene rings is 1. The van der Waals surface area contributed by atoms with E-state index in [1.165, 1.54) is 11.8 Å². The van der Waals surface area contributed by atoms with Crippen LogP contribution in [0, 0.1) is 0 Å². The van der Waals surface area contributed by atoms with E-state index in [0.717, 1.165) is 18.4 Å². The molecule has 0 aliphatic heterocycles. The van der Waals surface area contributed by atoms with Crippen molar-refractivity contribution in [2.45, 2.75) is 18.9 Å². The first-order valence-electron chi connectivity index (χ1n) is 4.61. The first kappa shape index (κ1) is 9.68. The zero-order valence-electron chi connectivity index (χ0n) is 8.03. The van der Waals surface area contributed by atoms with Crippen molar-refractivity contribution < 1.29 is 8.42 Å². The molecule has 0 saturated carbocycles. The summed E-state index contributed by atoms with van der Waals surface area (Å²) in [4.78, 5) is 0. The van der Waals surface area contributed by atoms with Crippen molar-refractivity contribution in [2.75, 3.05) is 6.26 Å². The molecule has 0 saturated heterocycles. The Morgan fingerprint density at radius 3 is 2.79 bits per heavy atom. The van der Waals surface area contributed by atoms with Gasteiger partial charge in [0, 0.05) is 6.04 Å². The molecule has 0 aromatic heterocycles. The van der Waals surface area contributed by atoms with Gasteiger partial charge in [0.25, 0.3) is 0 Å². The zero-order valence-corrected chi connectivity index (χ0v) is 8.84. The molecule has 0 unspecified atom stereocenters. The van der Waals surface area contributed by atoms with E-state index in [4.69, 9.17) is 0 Å². The monoisotopic (exact) mass is 211 g/mol. The maximum atomic E-state index is 11.1. The van der Waals surface area contributed by atoms with E-state index in [-0.39, 0.29) is 6.04 Å². The van der Waals surface area contributed by atoms with Crippen molar-refractivity contribution in [3.63, 3.8) is 0 Å². The Morgan fingerprint density at radius 1 is 1.36 bits per heavy atom. The van der Waals surface area contributed by atoms with E-state index in [1.54, 1.807) is 0 Å². The van der Waals surface area contributed by atoms with E-state index >= 15 is 0 Å². The highest BCUT2D eigenvalue weighted by Gasteiger charge is 2.23. The molecule has 1 aromatic carbocycles. The molecule has 2 rings (SSSR count). The molecule has 0 radical (unpaired) electrons. The lowest BCUT2D eigenvalue weighted by Gasteiger charge is -2.11. The van der Waals surface area contributed by atoms with Crippen molar-refractivity contribution in [1.82, 2.24) is 4.72 Å². The Morgan fingerprint density at radius 2 is 2.07 bits per heavy atom. The summed E-state index contributed by atoms with van der Waals surface area (Å²) in [6.07, 6.45) is 3.03. The van der Waals surface area contributed by atoms with Crippen molar-refractivity contribution in [2.24, 2.45) is 0 Å². The Kier molecular flexibility index (Phi) is 2.33. The van der Waals surface area contributed by atoms with Gasteiger partial charge < -0.3 is 0 Å². The van der Waals surface area contributed by atoms with Gasteiger partial charge in [-0.25, -0.2) is 13.1 Å². The molecule has 76 valence electrons. The number of nitrogens with one attached hydrogen (secondary N) is 1. The van der Waals surface area contributed by atoms with Gasteiger partial charge in [-0.15, -0.1) is 0 Å². The number of sulfonamides is 1. The van der Waals surface area contributed by atoms with Crippen LogP contribution >= 0.6 is 0 Å². The summed E-state index contributed by atoms with van der Waals surface area (Å²) in [6.45, 7) is 0. The summed E-state index contributed by atoms with van der Waals surface area (Å²) in [5, 5.41) is 0. The van der Waals surface area contributed by atoms with Gasteiger partial charge in [0.05, 0.1) is 6.26 Å². The highest BCUT2D eigenvalue weighted by Crippen LogP contribution is 2.30. The highest BCUT2D eigenvalue weighted by atomic mass is 32.2. The normalized spacial score (nSPS) is 20.8. The second kappa shape index (κ2) is 3.37. The molecule has 0 spiro atoms. The fraction of sp³-hybridized carbons (Fsp3) is 0.400. The first-order chi connectivity index (χ1) is 6.56. The lowest BCUT2D eigenvalue weighted by Crippen LogP contribution is -2.25. The minimum Gasteiger partial charge on any atom is -0.213 e. The molecule has 1 aliphatic rings. The van der Waals surface area contributed by atoms with Crippen LogP contribution in [0.15, 0.2) is 24.3 Å². The summed E-state index contributed by atoms with van der Waals surface area (Å²) < 4.78 is 24.8. The average molecular weight is 211 g/mol. The van der Waals surface area contributed by atoms with Crippen molar-refractivity contribution >= 4 is 10.0 Å². The van der Waals surface area contributed by atoms with Crippen LogP contribution in [0.1, 0.15) is 23.6 Å². The lowest BCUT2D eigenvalue weighted by molar-refractivity contribution is 0.560. The summed E-state index contributed by atoms with van der Waals surface area (Å²) in [6, 6.07) is 7.95. The number of hydrogen-bond acceptors (Lipinski definition) is 2. The van der Waals surface area contributed by atoms with Crippen LogP contribution < -0.4 is 4.72 Å². The highest BCUT2D eigenvalue weighted by molar-refractivity contribution is 7.88. The summed E-state index contributed by atoms with van der Waals surface area (Å²) in [5.41, 5.74) is 2.38. The topological polar surface area (TPSA) is 46.2 Å². The van der Waals surface area contributed by atoms with Crippen LogP contribution in [-0.4, -0.2) is 14.7 Å². The predicted octanol–water partition coefficient (Wildman–Crippen LogP) is 1.22. The fourth-order valence-electron chi connectivity index (χ4n) is 1.94. The van der Waals surface area contributed by atoms with Crippen LogP contribution in [0.3, 0.4) is 0 Å². The molecule has 1 atom stereocenters. The molecule has 3 nitrogen and oxygen atoms in total. The maximum absolute atomic E-state index is 11.1. The Labute approximate surface area is 84.2 Å². The van der Waals surface area contributed by atoms with Gasteiger partial charge in [-0.3, -0.25) is 0 Å². The Bertz CT molecular complexity index is 439. The van der Waals surface area contributed by atoms with E-state index in [2.05, 4.69) is 10.8 Å². The minimum absolute atomic E-state index is 0.0267. The second-order valence-electron chi connectivity index (χ2n) is 3.68.